The second kappa shape index (κ2) is 16.7. The molecule has 44 heavy (non-hydrogen) atoms. The highest BCUT2D eigenvalue weighted by molar-refractivity contribution is 6.19. The molecule has 0 aliphatic heterocycles. The lowest BCUT2D eigenvalue weighted by Crippen LogP contribution is -2.17. The van der Waals surface area contributed by atoms with Crippen molar-refractivity contribution < 1.29 is 29.4 Å². The number of benzene rings is 3. The molecule has 6 nitrogen and oxygen atoms in total. The van der Waals surface area contributed by atoms with Crippen molar-refractivity contribution in [2.75, 3.05) is 0 Å². The van der Waals surface area contributed by atoms with Gasteiger partial charge in [-0.15, -0.1) is 0 Å². The summed E-state index contributed by atoms with van der Waals surface area (Å²) in [6, 6.07) is 16.2. The first-order valence-electron chi connectivity index (χ1n) is 16.0. The molecule has 3 aromatic rings. The van der Waals surface area contributed by atoms with Crippen LogP contribution in [0.2, 0.25) is 0 Å². The number of aromatic carboxylic acids is 2. The number of hydrogen-bond donors (Lipinski definition) is 2. The zero-order valence-electron chi connectivity index (χ0n) is 26.5. The van der Waals surface area contributed by atoms with Crippen molar-refractivity contribution in [1.82, 2.24) is 0 Å². The Morgan fingerprint density at radius 1 is 0.545 bits per heavy atom. The second-order valence-electron chi connectivity index (χ2n) is 11.8. The molecule has 2 atom stereocenters. The summed E-state index contributed by atoms with van der Waals surface area (Å²) < 4.78 is 0. The van der Waals surface area contributed by atoms with Crippen molar-refractivity contribution in [2.45, 2.75) is 91.9 Å². The van der Waals surface area contributed by atoms with Crippen LogP contribution in [0.25, 0.3) is 0 Å². The molecule has 2 unspecified atom stereocenters. The monoisotopic (exact) mass is 598 g/mol. The van der Waals surface area contributed by atoms with E-state index in [1.807, 2.05) is 24.3 Å². The summed E-state index contributed by atoms with van der Waals surface area (Å²) in [6.07, 6.45) is 10.8. The van der Waals surface area contributed by atoms with E-state index in [0.717, 1.165) is 74.6 Å². The van der Waals surface area contributed by atoms with E-state index >= 15 is 0 Å². The van der Waals surface area contributed by atoms with E-state index in [-0.39, 0.29) is 22.3 Å². The first-order chi connectivity index (χ1) is 21.1. The molecule has 0 fully saturated rings. The van der Waals surface area contributed by atoms with E-state index in [1.165, 1.54) is 12.8 Å². The Labute approximate surface area is 261 Å². The Balaban J connectivity index is 1.91. The summed E-state index contributed by atoms with van der Waals surface area (Å²) in [7, 11) is 0. The average molecular weight is 599 g/mol. The zero-order chi connectivity index (χ0) is 32.2. The molecule has 3 aromatic carbocycles. The Hall–Kier alpha value is -4.06. The normalized spacial score (nSPS) is 12.5. The van der Waals surface area contributed by atoms with Gasteiger partial charge in [0.15, 0.2) is 11.6 Å². The predicted octanol–water partition coefficient (Wildman–Crippen LogP) is 9.06. The topological polar surface area (TPSA) is 109 Å². The van der Waals surface area contributed by atoms with Crippen LogP contribution in [-0.4, -0.2) is 33.7 Å². The van der Waals surface area contributed by atoms with Gasteiger partial charge in [-0.3, -0.25) is 9.59 Å². The maximum atomic E-state index is 13.5. The van der Waals surface area contributed by atoms with Gasteiger partial charge < -0.3 is 10.2 Å². The van der Waals surface area contributed by atoms with Gasteiger partial charge in [0.1, 0.15) is 0 Å². The number of carbonyl (C=O) groups is 4. The Morgan fingerprint density at radius 3 is 1.16 bits per heavy atom. The lowest BCUT2D eigenvalue weighted by Gasteiger charge is -2.15. The van der Waals surface area contributed by atoms with Crippen molar-refractivity contribution in [3.05, 3.63) is 105 Å². The van der Waals surface area contributed by atoms with Crippen molar-refractivity contribution in [3.8, 4) is 0 Å². The van der Waals surface area contributed by atoms with Crippen molar-refractivity contribution in [1.29, 1.82) is 0 Å². The quantitative estimate of drug-likeness (QED) is 0.141. The van der Waals surface area contributed by atoms with Crippen LogP contribution in [0.4, 0.5) is 0 Å². The van der Waals surface area contributed by atoms with Crippen LogP contribution in [0.1, 0.15) is 143 Å². The van der Waals surface area contributed by atoms with Crippen molar-refractivity contribution >= 4 is 23.5 Å². The van der Waals surface area contributed by atoms with Crippen LogP contribution >= 0.6 is 0 Å². The molecule has 2 N–H and O–H groups in total. The van der Waals surface area contributed by atoms with Crippen molar-refractivity contribution in [3.63, 3.8) is 0 Å². The summed E-state index contributed by atoms with van der Waals surface area (Å²) in [4.78, 5) is 51.6. The molecule has 0 spiro atoms. The fraction of sp³-hybridized carbons (Fsp3) is 0.421. The third-order valence-electron chi connectivity index (χ3n) is 8.68. The summed E-state index contributed by atoms with van der Waals surface area (Å²) in [6.45, 7) is 8.69. The number of carbonyl (C=O) groups excluding carboxylic acids is 2. The van der Waals surface area contributed by atoms with Gasteiger partial charge in [0.05, 0.1) is 11.1 Å². The van der Waals surface area contributed by atoms with Crippen LogP contribution in [0.3, 0.4) is 0 Å². The molecule has 0 radical (unpaired) electrons. The Kier molecular flexibility index (Phi) is 13.1. The minimum atomic E-state index is -1.41. The van der Waals surface area contributed by atoms with Crippen LogP contribution in [0.15, 0.2) is 60.7 Å². The molecule has 0 bridgehead atoms. The maximum absolute atomic E-state index is 13.5. The van der Waals surface area contributed by atoms with Crippen LogP contribution in [0, 0.1) is 11.8 Å². The molecular formula is C38H46O6. The number of ketones is 2. The average Bonchev–Trinajstić information content (AvgIpc) is 3.04. The van der Waals surface area contributed by atoms with Gasteiger partial charge in [0.25, 0.3) is 0 Å². The van der Waals surface area contributed by atoms with E-state index in [0.29, 0.717) is 11.8 Å². The molecule has 0 saturated heterocycles. The van der Waals surface area contributed by atoms with E-state index < -0.39 is 34.6 Å². The van der Waals surface area contributed by atoms with E-state index in [2.05, 4.69) is 27.7 Å². The molecule has 0 aliphatic rings. The number of rotatable bonds is 18. The van der Waals surface area contributed by atoms with Crippen molar-refractivity contribution in [2.24, 2.45) is 11.8 Å². The van der Waals surface area contributed by atoms with Gasteiger partial charge in [0, 0.05) is 22.3 Å². The highest BCUT2D eigenvalue weighted by Gasteiger charge is 2.27. The first kappa shape index (κ1) is 34.4. The molecule has 0 aliphatic carbocycles. The van der Waals surface area contributed by atoms with Gasteiger partial charge in [-0.05, 0) is 47.9 Å². The molecule has 0 heterocycles. The third kappa shape index (κ3) is 8.98. The third-order valence-corrected chi connectivity index (χ3v) is 8.68. The molecule has 234 valence electrons. The molecule has 6 heteroatoms. The van der Waals surface area contributed by atoms with E-state index in [1.54, 1.807) is 24.3 Å². The van der Waals surface area contributed by atoms with Crippen LogP contribution < -0.4 is 0 Å². The highest BCUT2D eigenvalue weighted by atomic mass is 16.4. The fourth-order valence-electron chi connectivity index (χ4n) is 5.78. The fourth-order valence-corrected chi connectivity index (χ4v) is 5.78. The standard InChI is InChI=1S/C38H46O6/c1-5-9-11-25(7-3)21-27-13-17-29(18-14-27)35(39)31-23-34(38(43)44)32(24-33(31)37(41)42)36(40)30-19-15-28(16-20-30)22-26(8-4)12-10-6-2/h13-20,23-26H,5-12,21-22H2,1-4H3,(H,41,42)(H,43,44). The number of carboxylic acid groups (broad SMARTS) is 2. The number of unbranched alkanes of at least 4 members (excludes halogenated alkanes) is 2. The summed E-state index contributed by atoms with van der Waals surface area (Å²) >= 11 is 0. The minimum absolute atomic E-state index is 0.258. The smallest absolute Gasteiger partial charge is 0.336 e. The van der Waals surface area contributed by atoms with Crippen LogP contribution in [-0.2, 0) is 12.8 Å². The van der Waals surface area contributed by atoms with E-state index in [9.17, 15) is 29.4 Å². The lowest BCUT2D eigenvalue weighted by molar-refractivity contribution is 0.0677. The molecule has 0 aromatic heterocycles. The molecule has 0 saturated carbocycles. The zero-order valence-corrected chi connectivity index (χ0v) is 26.5. The van der Waals surface area contributed by atoms with Gasteiger partial charge in [0.2, 0.25) is 0 Å². The highest BCUT2D eigenvalue weighted by Crippen LogP contribution is 2.26. The molecular weight excluding hydrogens is 552 g/mol. The minimum Gasteiger partial charge on any atom is -0.478 e. The SMILES string of the molecule is CCCCC(CC)Cc1ccc(C(=O)c2cc(C(=O)O)c(C(=O)c3ccc(CC(CC)CCCC)cc3)cc2C(=O)O)cc1. The van der Waals surface area contributed by atoms with Gasteiger partial charge in [-0.2, -0.15) is 0 Å². The summed E-state index contributed by atoms with van der Waals surface area (Å²) in [5.74, 6) is -2.93. The molecule has 0 amide bonds. The maximum Gasteiger partial charge on any atom is 0.336 e. The Bertz CT molecular complexity index is 1320. The predicted molar refractivity (Wildman–Crippen MR) is 174 cm³/mol. The number of hydrogen-bond acceptors (Lipinski definition) is 4. The summed E-state index contributed by atoms with van der Waals surface area (Å²) in [5.41, 5.74) is 1.36. The van der Waals surface area contributed by atoms with Crippen LogP contribution in [0.5, 0.6) is 0 Å². The Morgan fingerprint density at radius 2 is 0.886 bits per heavy atom. The summed E-state index contributed by atoms with van der Waals surface area (Å²) in [5, 5.41) is 20.0. The van der Waals surface area contributed by atoms with Gasteiger partial charge in [-0.1, -0.05) is 128 Å². The number of carboxylic acids is 2. The first-order valence-corrected chi connectivity index (χ1v) is 16.0. The second-order valence-corrected chi connectivity index (χ2v) is 11.8. The lowest BCUT2D eigenvalue weighted by atomic mass is 9.88. The largest absolute Gasteiger partial charge is 0.478 e. The van der Waals surface area contributed by atoms with Gasteiger partial charge >= 0.3 is 11.9 Å². The molecule has 3 rings (SSSR count). The van der Waals surface area contributed by atoms with Gasteiger partial charge in [-0.25, -0.2) is 9.59 Å². The van der Waals surface area contributed by atoms with E-state index in [4.69, 9.17) is 0 Å².